The van der Waals surface area contributed by atoms with Crippen LogP contribution in [0.1, 0.15) is 26.7 Å². The van der Waals surface area contributed by atoms with Crippen molar-refractivity contribution in [2.45, 2.75) is 44.4 Å². The highest BCUT2D eigenvalue weighted by Crippen LogP contribution is 2.11. The zero-order valence-electron chi connectivity index (χ0n) is 13.1. The number of hydrogen-bond acceptors (Lipinski definition) is 6. The second kappa shape index (κ2) is 8.40. The summed E-state index contributed by atoms with van der Waals surface area (Å²) in [7, 11) is -3.25. The van der Waals surface area contributed by atoms with Gasteiger partial charge < -0.3 is 19.9 Å². The summed E-state index contributed by atoms with van der Waals surface area (Å²) in [5.74, 6) is 0. The number of ether oxygens (including phenoxy) is 2. The molecule has 2 atom stereocenters. The third-order valence-corrected chi connectivity index (χ3v) is 3.97. The number of sulfonamides is 1. The van der Waals surface area contributed by atoms with Crippen LogP contribution in [-0.2, 0) is 19.5 Å². The first kappa shape index (κ1) is 18.8. The van der Waals surface area contributed by atoms with Crippen molar-refractivity contribution >= 4 is 10.0 Å². The molecule has 1 rings (SSSR count). The molecule has 0 aromatic rings. The third-order valence-electron chi connectivity index (χ3n) is 3.05. The molecule has 0 bridgehead atoms. The third kappa shape index (κ3) is 9.38. The van der Waals surface area contributed by atoms with Crippen molar-refractivity contribution < 1.29 is 23.0 Å². The summed E-state index contributed by atoms with van der Waals surface area (Å²) in [6.07, 6.45) is 2.74. The number of aliphatic hydroxyl groups is 1. The zero-order chi connectivity index (χ0) is 15.9. The fraction of sp³-hybridized carbons (Fsp3) is 1.00. The van der Waals surface area contributed by atoms with Gasteiger partial charge in [0.2, 0.25) is 10.0 Å². The molecule has 1 aliphatic rings. The van der Waals surface area contributed by atoms with Crippen LogP contribution in [0.2, 0.25) is 0 Å². The van der Waals surface area contributed by atoms with E-state index in [0.717, 1.165) is 25.7 Å². The number of nitrogens with one attached hydrogen (secondary N) is 2. The molecule has 21 heavy (non-hydrogen) atoms. The molecule has 0 spiro atoms. The van der Waals surface area contributed by atoms with E-state index in [9.17, 15) is 13.5 Å². The summed E-state index contributed by atoms with van der Waals surface area (Å²) in [6, 6.07) is 0. The second-order valence-electron chi connectivity index (χ2n) is 6.22. The molecule has 0 saturated carbocycles. The van der Waals surface area contributed by atoms with Crippen molar-refractivity contribution in [1.82, 2.24) is 10.0 Å². The maximum Gasteiger partial charge on any atom is 0.209 e. The van der Waals surface area contributed by atoms with Crippen LogP contribution in [-0.4, -0.2) is 70.4 Å². The molecule has 0 aromatic heterocycles. The van der Waals surface area contributed by atoms with Gasteiger partial charge in [0.15, 0.2) is 0 Å². The Kier molecular flexibility index (Phi) is 7.52. The molecule has 2 unspecified atom stereocenters. The molecule has 3 N–H and O–H groups in total. The molecule has 1 saturated heterocycles. The summed E-state index contributed by atoms with van der Waals surface area (Å²) in [5.41, 5.74) is -0.605. The Bertz CT molecular complexity index is 393. The van der Waals surface area contributed by atoms with E-state index in [2.05, 4.69) is 10.0 Å². The standard InChI is InChI=1S/C13H28N2O5S/c1-13(2,15-21(3,17)18)10-14-7-11(16)8-19-9-12-5-4-6-20-12/h11-12,14-16H,4-10H2,1-3H3. The minimum Gasteiger partial charge on any atom is -0.389 e. The molecule has 1 aliphatic heterocycles. The molecule has 1 fully saturated rings. The van der Waals surface area contributed by atoms with Crippen LogP contribution in [0.3, 0.4) is 0 Å². The molecule has 1 heterocycles. The lowest BCUT2D eigenvalue weighted by Gasteiger charge is -2.26. The molecule has 7 nitrogen and oxygen atoms in total. The molecule has 0 amide bonds. The van der Waals surface area contributed by atoms with Crippen LogP contribution in [0, 0.1) is 0 Å². The lowest BCUT2D eigenvalue weighted by atomic mass is 10.1. The van der Waals surface area contributed by atoms with Gasteiger partial charge in [0, 0.05) is 25.2 Å². The van der Waals surface area contributed by atoms with Crippen molar-refractivity contribution in [2.24, 2.45) is 0 Å². The fourth-order valence-corrected chi connectivity index (χ4v) is 3.34. The quantitative estimate of drug-likeness (QED) is 0.499. The molecule has 0 aromatic carbocycles. The predicted octanol–water partition coefficient (Wildman–Crippen LogP) is -0.540. The average molecular weight is 324 g/mol. The summed E-state index contributed by atoms with van der Waals surface area (Å²) in [6.45, 7) is 5.87. The Morgan fingerprint density at radius 2 is 2.19 bits per heavy atom. The van der Waals surface area contributed by atoms with Crippen LogP contribution in [0.4, 0.5) is 0 Å². The van der Waals surface area contributed by atoms with Crippen LogP contribution in [0.25, 0.3) is 0 Å². The topological polar surface area (TPSA) is 96.9 Å². The Balaban J connectivity index is 2.10. The van der Waals surface area contributed by atoms with Gasteiger partial charge in [-0.2, -0.15) is 0 Å². The average Bonchev–Trinajstić information content (AvgIpc) is 2.78. The van der Waals surface area contributed by atoms with E-state index in [0.29, 0.717) is 19.7 Å². The van der Waals surface area contributed by atoms with Crippen molar-refractivity contribution in [3.05, 3.63) is 0 Å². The van der Waals surface area contributed by atoms with Gasteiger partial charge in [-0.1, -0.05) is 0 Å². The number of rotatable bonds is 10. The molecule has 8 heteroatoms. The highest BCUT2D eigenvalue weighted by atomic mass is 32.2. The number of hydrogen-bond donors (Lipinski definition) is 3. The molecular formula is C13H28N2O5S. The van der Waals surface area contributed by atoms with E-state index in [1.54, 1.807) is 13.8 Å². The van der Waals surface area contributed by atoms with E-state index in [-0.39, 0.29) is 12.7 Å². The van der Waals surface area contributed by atoms with Crippen LogP contribution < -0.4 is 10.0 Å². The first-order valence-corrected chi connectivity index (χ1v) is 9.14. The van der Waals surface area contributed by atoms with Gasteiger partial charge >= 0.3 is 0 Å². The monoisotopic (exact) mass is 324 g/mol. The van der Waals surface area contributed by atoms with Gasteiger partial charge in [-0.15, -0.1) is 0 Å². The van der Waals surface area contributed by atoms with Crippen molar-refractivity contribution in [3.8, 4) is 0 Å². The highest BCUT2D eigenvalue weighted by Gasteiger charge is 2.22. The maximum absolute atomic E-state index is 11.2. The SMILES string of the molecule is CC(C)(CNCC(O)COCC1CCCO1)NS(C)(=O)=O. The Morgan fingerprint density at radius 3 is 2.76 bits per heavy atom. The van der Waals surface area contributed by atoms with Crippen LogP contribution in [0.15, 0.2) is 0 Å². The Labute approximate surface area is 127 Å². The first-order chi connectivity index (χ1) is 9.68. The van der Waals surface area contributed by atoms with E-state index in [4.69, 9.17) is 9.47 Å². The molecule has 0 aliphatic carbocycles. The van der Waals surface area contributed by atoms with E-state index < -0.39 is 21.7 Å². The van der Waals surface area contributed by atoms with Gasteiger partial charge in [-0.05, 0) is 26.7 Å². The lowest BCUT2D eigenvalue weighted by Crippen LogP contribution is -2.51. The smallest absolute Gasteiger partial charge is 0.209 e. The van der Waals surface area contributed by atoms with E-state index >= 15 is 0 Å². The van der Waals surface area contributed by atoms with Gasteiger partial charge in [0.25, 0.3) is 0 Å². The van der Waals surface area contributed by atoms with E-state index in [1.807, 2.05) is 0 Å². The second-order valence-corrected chi connectivity index (χ2v) is 7.96. The minimum atomic E-state index is -3.25. The lowest BCUT2D eigenvalue weighted by molar-refractivity contribution is -0.0165. The normalized spacial score (nSPS) is 21.6. The zero-order valence-corrected chi connectivity index (χ0v) is 13.9. The van der Waals surface area contributed by atoms with Gasteiger partial charge in [-0.25, -0.2) is 13.1 Å². The van der Waals surface area contributed by atoms with E-state index in [1.165, 1.54) is 0 Å². The fourth-order valence-electron chi connectivity index (χ4n) is 2.26. The Morgan fingerprint density at radius 1 is 1.48 bits per heavy atom. The molecular weight excluding hydrogens is 296 g/mol. The van der Waals surface area contributed by atoms with Crippen LogP contribution in [0.5, 0.6) is 0 Å². The number of aliphatic hydroxyl groups excluding tert-OH is 1. The van der Waals surface area contributed by atoms with Crippen molar-refractivity contribution in [1.29, 1.82) is 0 Å². The first-order valence-electron chi connectivity index (χ1n) is 7.25. The summed E-state index contributed by atoms with van der Waals surface area (Å²) >= 11 is 0. The van der Waals surface area contributed by atoms with Crippen LogP contribution >= 0.6 is 0 Å². The van der Waals surface area contributed by atoms with Gasteiger partial charge in [0.05, 0.1) is 31.7 Å². The van der Waals surface area contributed by atoms with Crippen molar-refractivity contribution in [3.63, 3.8) is 0 Å². The largest absolute Gasteiger partial charge is 0.389 e. The van der Waals surface area contributed by atoms with Crippen molar-refractivity contribution in [2.75, 3.05) is 39.2 Å². The maximum atomic E-state index is 11.2. The minimum absolute atomic E-state index is 0.156. The van der Waals surface area contributed by atoms with Gasteiger partial charge in [0.1, 0.15) is 0 Å². The molecule has 0 radical (unpaired) electrons. The molecule has 126 valence electrons. The summed E-state index contributed by atoms with van der Waals surface area (Å²) < 4.78 is 35.7. The highest BCUT2D eigenvalue weighted by molar-refractivity contribution is 7.88. The Hall–Kier alpha value is -0.250. The summed E-state index contributed by atoms with van der Waals surface area (Å²) in [5, 5.41) is 12.8. The summed E-state index contributed by atoms with van der Waals surface area (Å²) in [4.78, 5) is 0. The van der Waals surface area contributed by atoms with Gasteiger partial charge in [-0.3, -0.25) is 0 Å². The predicted molar refractivity (Wildman–Crippen MR) is 80.7 cm³/mol.